The van der Waals surface area contributed by atoms with Gasteiger partial charge in [-0.15, -0.1) is 0 Å². The summed E-state index contributed by atoms with van der Waals surface area (Å²) in [6, 6.07) is 5.75. The largest absolute Gasteiger partial charge is 0.320 e. The number of ketones is 1. The van der Waals surface area contributed by atoms with Crippen LogP contribution in [0.1, 0.15) is 27.8 Å². The summed E-state index contributed by atoms with van der Waals surface area (Å²) in [5.74, 6) is -2.13. The Labute approximate surface area is 113 Å². The monoisotopic (exact) mass is 276 g/mol. The average Bonchev–Trinajstić information content (AvgIpc) is 2.41. The van der Waals surface area contributed by atoms with Crippen molar-refractivity contribution in [1.29, 1.82) is 0 Å². The van der Waals surface area contributed by atoms with Crippen LogP contribution in [0.2, 0.25) is 0 Å². The molecule has 2 rings (SSSR count). The highest BCUT2D eigenvalue weighted by molar-refractivity contribution is 6.08. The third-order valence-electron chi connectivity index (χ3n) is 2.57. The molecule has 1 aromatic carbocycles. The molecule has 102 valence electrons. The molecule has 0 spiro atoms. The Balaban J connectivity index is 2.28. The van der Waals surface area contributed by atoms with E-state index in [1.165, 1.54) is 19.1 Å². The minimum absolute atomic E-state index is 0.00905. The molecule has 1 N–H and O–H groups in total. The Morgan fingerprint density at radius 3 is 2.40 bits per heavy atom. The second kappa shape index (κ2) is 5.56. The smallest absolute Gasteiger partial charge is 0.274 e. The maximum absolute atomic E-state index is 13.1. The van der Waals surface area contributed by atoms with E-state index in [2.05, 4.69) is 10.3 Å². The number of hydrogen-bond acceptors (Lipinski definition) is 3. The molecule has 1 amide bonds. The van der Waals surface area contributed by atoms with Gasteiger partial charge in [0, 0.05) is 5.56 Å². The Bertz CT molecular complexity index is 669. The topological polar surface area (TPSA) is 59.1 Å². The molecule has 20 heavy (non-hydrogen) atoms. The van der Waals surface area contributed by atoms with Gasteiger partial charge in [0.25, 0.3) is 5.91 Å². The Morgan fingerprint density at radius 2 is 1.80 bits per heavy atom. The van der Waals surface area contributed by atoms with Gasteiger partial charge in [-0.25, -0.2) is 13.8 Å². The highest BCUT2D eigenvalue weighted by Crippen LogP contribution is 2.18. The van der Waals surface area contributed by atoms with Gasteiger partial charge in [0.1, 0.15) is 17.3 Å². The fraction of sp³-hybridized carbons (Fsp3) is 0.0714. The second-order valence-electron chi connectivity index (χ2n) is 4.06. The van der Waals surface area contributed by atoms with Gasteiger partial charge >= 0.3 is 0 Å². The van der Waals surface area contributed by atoms with Gasteiger partial charge in [0.2, 0.25) is 0 Å². The van der Waals surface area contributed by atoms with Crippen molar-refractivity contribution in [3.8, 4) is 0 Å². The van der Waals surface area contributed by atoms with Crippen LogP contribution in [0.4, 0.5) is 14.5 Å². The molecule has 0 aliphatic carbocycles. The predicted molar refractivity (Wildman–Crippen MR) is 68.6 cm³/mol. The summed E-state index contributed by atoms with van der Waals surface area (Å²) in [5, 5.41) is 2.44. The Morgan fingerprint density at radius 1 is 1.10 bits per heavy atom. The van der Waals surface area contributed by atoms with Gasteiger partial charge in [0.15, 0.2) is 5.78 Å². The van der Waals surface area contributed by atoms with E-state index in [1.54, 1.807) is 0 Å². The number of carbonyl (C=O) groups is 2. The highest BCUT2D eigenvalue weighted by atomic mass is 19.1. The maximum atomic E-state index is 13.1. The van der Waals surface area contributed by atoms with Crippen LogP contribution in [0.3, 0.4) is 0 Å². The third kappa shape index (κ3) is 3.03. The number of halogens is 2. The average molecular weight is 276 g/mol. The number of anilines is 1. The molecule has 0 atom stereocenters. The number of nitrogens with zero attached hydrogens (tertiary/aromatic N) is 1. The number of nitrogens with one attached hydrogen (secondary N) is 1. The lowest BCUT2D eigenvalue weighted by Crippen LogP contribution is -2.15. The summed E-state index contributed by atoms with van der Waals surface area (Å²) in [5.41, 5.74) is 0.223. The predicted octanol–water partition coefficient (Wildman–Crippen LogP) is 2.81. The van der Waals surface area contributed by atoms with Crippen LogP contribution < -0.4 is 5.32 Å². The van der Waals surface area contributed by atoms with Crippen LogP contribution in [0, 0.1) is 11.6 Å². The van der Waals surface area contributed by atoms with Crippen LogP contribution in [0.15, 0.2) is 36.5 Å². The van der Waals surface area contributed by atoms with Crippen LogP contribution >= 0.6 is 0 Å². The molecule has 0 aliphatic rings. The van der Waals surface area contributed by atoms with E-state index >= 15 is 0 Å². The van der Waals surface area contributed by atoms with Gasteiger partial charge in [-0.2, -0.15) is 0 Å². The summed E-state index contributed by atoms with van der Waals surface area (Å²) in [6.45, 7) is 1.26. The first-order valence-corrected chi connectivity index (χ1v) is 5.71. The van der Waals surface area contributed by atoms with E-state index in [-0.39, 0.29) is 22.7 Å². The van der Waals surface area contributed by atoms with E-state index in [0.717, 1.165) is 24.4 Å². The lowest BCUT2D eigenvalue weighted by atomic mass is 10.1. The zero-order valence-electron chi connectivity index (χ0n) is 10.5. The van der Waals surface area contributed by atoms with Crippen molar-refractivity contribution < 1.29 is 18.4 Å². The summed E-state index contributed by atoms with van der Waals surface area (Å²) in [4.78, 5) is 26.9. The molecule has 0 aliphatic heterocycles. The quantitative estimate of drug-likeness (QED) is 0.877. The van der Waals surface area contributed by atoms with E-state index < -0.39 is 17.5 Å². The van der Waals surface area contributed by atoms with Crippen LogP contribution in [-0.4, -0.2) is 16.7 Å². The zero-order chi connectivity index (χ0) is 14.7. The van der Waals surface area contributed by atoms with Crippen LogP contribution in [0.25, 0.3) is 0 Å². The van der Waals surface area contributed by atoms with Crippen molar-refractivity contribution in [2.75, 3.05) is 5.32 Å². The number of hydrogen-bond donors (Lipinski definition) is 1. The van der Waals surface area contributed by atoms with Gasteiger partial charge in [-0.1, -0.05) is 0 Å². The fourth-order valence-electron chi connectivity index (χ4n) is 1.61. The molecule has 4 nitrogen and oxygen atoms in total. The van der Waals surface area contributed by atoms with Crippen molar-refractivity contribution in [2.45, 2.75) is 6.92 Å². The number of amides is 1. The summed E-state index contributed by atoms with van der Waals surface area (Å²) >= 11 is 0. The van der Waals surface area contributed by atoms with Crippen molar-refractivity contribution in [3.63, 3.8) is 0 Å². The van der Waals surface area contributed by atoms with E-state index in [9.17, 15) is 18.4 Å². The van der Waals surface area contributed by atoms with Crippen molar-refractivity contribution in [3.05, 3.63) is 59.4 Å². The second-order valence-corrected chi connectivity index (χ2v) is 4.06. The molecular formula is C14H10F2N2O2. The molecule has 1 aromatic heterocycles. The Kier molecular flexibility index (Phi) is 3.84. The maximum Gasteiger partial charge on any atom is 0.274 e. The van der Waals surface area contributed by atoms with Gasteiger partial charge in [-0.3, -0.25) is 9.59 Å². The highest BCUT2D eigenvalue weighted by Gasteiger charge is 2.13. The fourth-order valence-corrected chi connectivity index (χ4v) is 1.61. The number of carbonyl (C=O) groups excluding carboxylic acids is 2. The number of aromatic nitrogens is 1. The van der Waals surface area contributed by atoms with Gasteiger partial charge in [-0.05, 0) is 37.3 Å². The molecule has 0 saturated carbocycles. The van der Waals surface area contributed by atoms with E-state index in [1.807, 2.05) is 0 Å². The SMILES string of the molecule is CC(=O)c1cc(F)ccc1NC(=O)c1ccc(F)cn1. The summed E-state index contributed by atoms with van der Waals surface area (Å²) < 4.78 is 25.8. The lowest BCUT2D eigenvalue weighted by molar-refractivity contribution is 0.101. The molecule has 0 radical (unpaired) electrons. The number of benzene rings is 1. The lowest BCUT2D eigenvalue weighted by Gasteiger charge is -2.08. The summed E-state index contributed by atoms with van der Waals surface area (Å²) in [7, 11) is 0. The molecule has 2 aromatic rings. The van der Waals surface area contributed by atoms with E-state index in [4.69, 9.17) is 0 Å². The van der Waals surface area contributed by atoms with E-state index in [0.29, 0.717) is 0 Å². The molecule has 0 fully saturated rings. The molecular weight excluding hydrogens is 266 g/mol. The van der Waals surface area contributed by atoms with Gasteiger partial charge < -0.3 is 5.32 Å². The standard InChI is InChI=1S/C14H10F2N2O2/c1-8(19)11-6-9(15)2-4-12(11)18-14(20)13-5-3-10(16)7-17-13/h2-7H,1H3,(H,18,20). The minimum atomic E-state index is -0.612. The van der Waals surface area contributed by atoms with Crippen LogP contribution in [-0.2, 0) is 0 Å². The molecule has 0 unspecified atom stereocenters. The first-order valence-electron chi connectivity index (χ1n) is 5.71. The minimum Gasteiger partial charge on any atom is -0.320 e. The van der Waals surface area contributed by atoms with Gasteiger partial charge in [0.05, 0.1) is 11.9 Å². The third-order valence-corrected chi connectivity index (χ3v) is 2.57. The normalized spacial score (nSPS) is 10.2. The Hall–Kier alpha value is -2.63. The molecule has 6 heteroatoms. The molecule has 0 saturated heterocycles. The molecule has 1 heterocycles. The van der Waals surface area contributed by atoms with Crippen LogP contribution in [0.5, 0.6) is 0 Å². The van der Waals surface area contributed by atoms with Crippen molar-refractivity contribution >= 4 is 17.4 Å². The number of Topliss-reactive ketones (excluding diaryl/α,β-unsaturated/α-hetero) is 1. The molecule has 0 bridgehead atoms. The van der Waals surface area contributed by atoms with Crippen molar-refractivity contribution in [1.82, 2.24) is 4.98 Å². The first kappa shape index (κ1) is 13.8. The zero-order valence-corrected chi connectivity index (χ0v) is 10.5. The number of rotatable bonds is 3. The number of pyridine rings is 1. The summed E-state index contributed by atoms with van der Waals surface area (Å²) in [6.07, 6.45) is 0.908. The first-order chi connectivity index (χ1) is 9.47. The van der Waals surface area contributed by atoms with Crippen molar-refractivity contribution in [2.24, 2.45) is 0 Å².